The molecular formula is C19H23NO. The van der Waals surface area contributed by atoms with Crippen molar-refractivity contribution >= 4 is 0 Å². The molecule has 2 heteroatoms. The van der Waals surface area contributed by atoms with Crippen molar-refractivity contribution in [2.45, 2.75) is 32.2 Å². The Morgan fingerprint density at radius 2 is 1.95 bits per heavy atom. The number of benzene rings is 2. The lowest BCUT2D eigenvalue weighted by Crippen LogP contribution is -2.21. The Balaban J connectivity index is 2.01. The first-order valence-electron chi connectivity index (χ1n) is 7.94. The topological polar surface area (TPSA) is 21.3 Å². The second-order valence-electron chi connectivity index (χ2n) is 5.59. The molecule has 1 atom stereocenters. The third kappa shape index (κ3) is 3.11. The summed E-state index contributed by atoms with van der Waals surface area (Å²) in [6.07, 6.45) is 3.40. The highest BCUT2D eigenvalue weighted by Gasteiger charge is 2.21. The van der Waals surface area contributed by atoms with E-state index in [1.165, 1.54) is 16.7 Å². The maximum atomic E-state index is 6.10. The quantitative estimate of drug-likeness (QED) is 0.886. The van der Waals surface area contributed by atoms with E-state index in [2.05, 4.69) is 60.8 Å². The maximum absolute atomic E-state index is 6.10. The molecule has 0 radical (unpaired) electrons. The molecule has 1 aliphatic rings. The third-order valence-corrected chi connectivity index (χ3v) is 4.03. The molecule has 1 heterocycles. The fraction of sp³-hybridized carbons (Fsp3) is 0.368. The average Bonchev–Trinajstić information content (AvgIpc) is 2.76. The summed E-state index contributed by atoms with van der Waals surface area (Å²) in [7, 11) is 0. The van der Waals surface area contributed by atoms with Crippen LogP contribution in [0, 0.1) is 0 Å². The van der Waals surface area contributed by atoms with Gasteiger partial charge in [0.1, 0.15) is 5.75 Å². The Hall–Kier alpha value is -1.80. The predicted molar refractivity (Wildman–Crippen MR) is 87.6 cm³/mol. The molecule has 110 valence electrons. The molecule has 21 heavy (non-hydrogen) atoms. The van der Waals surface area contributed by atoms with Gasteiger partial charge in [-0.05, 0) is 31.4 Å². The van der Waals surface area contributed by atoms with Gasteiger partial charge in [0.15, 0.2) is 0 Å². The van der Waals surface area contributed by atoms with Crippen LogP contribution in [0.3, 0.4) is 0 Å². The average molecular weight is 281 g/mol. The fourth-order valence-corrected chi connectivity index (χ4v) is 2.98. The number of hydrogen-bond acceptors (Lipinski definition) is 2. The van der Waals surface area contributed by atoms with Gasteiger partial charge in [-0.3, -0.25) is 0 Å². The minimum absolute atomic E-state index is 0.408. The Bertz CT molecular complexity index is 579. The molecule has 0 saturated carbocycles. The number of para-hydroxylation sites is 1. The van der Waals surface area contributed by atoms with Gasteiger partial charge in [0, 0.05) is 17.2 Å². The largest absolute Gasteiger partial charge is 0.493 e. The molecule has 2 aromatic carbocycles. The van der Waals surface area contributed by atoms with E-state index in [0.717, 1.165) is 38.2 Å². The summed E-state index contributed by atoms with van der Waals surface area (Å²) in [5, 5.41) is 3.67. The molecule has 1 aliphatic heterocycles. The predicted octanol–water partition coefficient (Wildman–Crippen LogP) is 4.57. The van der Waals surface area contributed by atoms with E-state index in [1.807, 2.05) is 0 Å². The summed E-state index contributed by atoms with van der Waals surface area (Å²) in [5.41, 5.74) is 3.74. The summed E-state index contributed by atoms with van der Waals surface area (Å²) in [6, 6.07) is 17.4. The van der Waals surface area contributed by atoms with E-state index in [9.17, 15) is 0 Å². The van der Waals surface area contributed by atoms with Crippen LogP contribution in [-0.4, -0.2) is 13.2 Å². The molecule has 0 amide bonds. The van der Waals surface area contributed by atoms with E-state index < -0.39 is 0 Å². The van der Waals surface area contributed by atoms with Gasteiger partial charge in [-0.1, -0.05) is 55.5 Å². The van der Waals surface area contributed by atoms with Crippen LogP contribution in [-0.2, 0) is 0 Å². The van der Waals surface area contributed by atoms with Crippen LogP contribution in [0.1, 0.15) is 37.8 Å². The summed E-state index contributed by atoms with van der Waals surface area (Å²) in [4.78, 5) is 0. The van der Waals surface area contributed by atoms with Crippen molar-refractivity contribution in [1.29, 1.82) is 0 Å². The number of nitrogens with one attached hydrogen (secondary N) is 1. The Morgan fingerprint density at radius 3 is 2.76 bits per heavy atom. The summed E-state index contributed by atoms with van der Waals surface area (Å²) >= 11 is 0. The van der Waals surface area contributed by atoms with Gasteiger partial charge >= 0.3 is 0 Å². The van der Waals surface area contributed by atoms with Gasteiger partial charge < -0.3 is 10.1 Å². The van der Waals surface area contributed by atoms with Gasteiger partial charge in [0.2, 0.25) is 0 Å². The molecule has 0 aromatic heterocycles. The lowest BCUT2D eigenvalue weighted by molar-refractivity contribution is 0.316. The van der Waals surface area contributed by atoms with Crippen LogP contribution in [0.2, 0.25) is 0 Å². The van der Waals surface area contributed by atoms with E-state index in [1.54, 1.807) is 0 Å². The molecule has 1 unspecified atom stereocenters. The molecule has 2 nitrogen and oxygen atoms in total. The van der Waals surface area contributed by atoms with Crippen molar-refractivity contribution in [2.75, 3.05) is 13.2 Å². The molecule has 2 aromatic rings. The molecular weight excluding hydrogens is 258 g/mol. The smallest absolute Gasteiger partial charge is 0.131 e. The summed E-state index contributed by atoms with van der Waals surface area (Å²) in [6.45, 7) is 4.07. The lowest BCUT2D eigenvalue weighted by atomic mass is 9.96. The van der Waals surface area contributed by atoms with Crippen molar-refractivity contribution in [3.63, 3.8) is 0 Å². The number of rotatable bonds is 4. The van der Waals surface area contributed by atoms with Crippen molar-refractivity contribution in [3.8, 4) is 16.9 Å². The minimum atomic E-state index is 0.408. The van der Waals surface area contributed by atoms with Crippen molar-refractivity contribution in [1.82, 2.24) is 5.32 Å². The van der Waals surface area contributed by atoms with Crippen LogP contribution in [0.4, 0.5) is 0 Å². The van der Waals surface area contributed by atoms with Gasteiger partial charge in [-0.2, -0.15) is 0 Å². The van der Waals surface area contributed by atoms with E-state index >= 15 is 0 Å². The first-order chi connectivity index (χ1) is 10.4. The van der Waals surface area contributed by atoms with Crippen LogP contribution < -0.4 is 10.1 Å². The molecule has 0 saturated heterocycles. The Morgan fingerprint density at radius 1 is 1.10 bits per heavy atom. The highest BCUT2D eigenvalue weighted by molar-refractivity contribution is 5.72. The molecule has 0 bridgehead atoms. The van der Waals surface area contributed by atoms with Crippen LogP contribution in [0.25, 0.3) is 11.1 Å². The lowest BCUT2D eigenvalue weighted by Gasteiger charge is -2.20. The maximum Gasteiger partial charge on any atom is 0.131 e. The second-order valence-corrected chi connectivity index (χ2v) is 5.59. The number of ether oxygens (including phenoxy) is 1. The van der Waals surface area contributed by atoms with Gasteiger partial charge in [-0.25, -0.2) is 0 Å². The molecule has 0 aliphatic carbocycles. The van der Waals surface area contributed by atoms with Crippen LogP contribution >= 0.6 is 0 Å². The van der Waals surface area contributed by atoms with E-state index in [-0.39, 0.29) is 0 Å². The fourth-order valence-electron chi connectivity index (χ4n) is 2.98. The molecule has 3 rings (SSSR count). The SMILES string of the molecule is CCCNC1CCCOc2c(-c3ccccc3)cccc21. The van der Waals surface area contributed by atoms with Crippen molar-refractivity contribution in [3.05, 3.63) is 54.1 Å². The van der Waals surface area contributed by atoms with Crippen molar-refractivity contribution < 1.29 is 4.74 Å². The van der Waals surface area contributed by atoms with Crippen LogP contribution in [0.5, 0.6) is 5.75 Å². The molecule has 0 fully saturated rings. The molecule has 1 N–H and O–H groups in total. The zero-order chi connectivity index (χ0) is 14.5. The normalized spacial score (nSPS) is 17.7. The number of hydrogen-bond donors (Lipinski definition) is 1. The van der Waals surface area contributed by atoms with E-state index in [4.69, 9.17) is 4.74 Å². The summed E-state index contributed by atoms with van der Waals surface area (Å²) in [5.74, 6) is 1.06. The highest BCUT2D eigenvalue weighted by atomic mass is 16.5. The zero-order valence-electron chi connectivity index (χ0n) is 12.6. The summed E-state index contributed by atoms with van der Waals surface area (Å²) < 4.78 is 6.10. The van der Waals surface area contributed by atoms with E-state index in [0.29, 0.717) is 6.04 Å². The first kappa shape index (κ1) is 14.2. The van der Waals surface area contributed by atoms with Crippen LogP contribution in [0.15, 0.2) is 48.5 Å². The third-order valence-electron chi connectivity index (χ3n) is 4.03. The monoisotopic (exact) mass is 281 g/mol. The minimum Gasteiger partial charge on any atom is -0.493 e. The first-order valence-corrected chi connectivity index (χ1v) is 7.94. The Kier molecular flexibility index (Phi) is 4.56. The van der Waals surface area contributed by atoms with Gasteiger partial charge in [-0.15, -0.1) is 0 Å². The van der Waals surface area contributed by atoms with Gasteiger partial charge in [0.05, 0.1) is 6.61 Å². The van der Waals surface area contributed by atoms with Gasteiger partial charge in [0.25, 0.3) is 0 Å². The Labute approximate surface area is 127 Å². The van der Waals surface area contributed by atoms with Crippen molar-refractivity contribution in [2.24, 2.45) is 0 Å². The zero-order valence-corrected chi connectivity index (χ0v) is 12.6. The molecule has 0 spiro atoms. The standard InChI is InChI=1S/C19H23NO/c1-2-13-20-18-12-7-14-21-19-16(10-6-11-17(18)19)15-8-4-3-5-9-15/h3-6,8-11,18,20H,2,7,12-14H2,1H3. The highest BCUT2D eigenvalue weighted by Crippen LogP contribution is 2.39. The number of fused-ring (bicyclic) bond motifs is 1. The second kappa shape index (κ2) is 6.77.